The van der Waals surface area contributed by atoms with E-state index in [0.717, 1.165) is 11.1 Å². The molecule has 8 nitrogen and oxygen atoms in total. The molecule has 0 saturated carbocycles. The Morgan fingerprint density at radius 3 is 2.20 bits per heavy atom. The third-order valence-corrected chi connectivity index (χ3v) is 7.40. The molecule has 0 bridgehead atoms. The predicted molar refractivity (Wildman–Crippen MR) is 135 cm³/mol. The largest absolute Gasteiger partial charge is 0.497 e. The number of nitrogens with one attached hydrogen (secondary N) is 2. The fourth-order valence-corrected chi connectivity index (χ4v) is 5.23. The van der Waals surface area contributed by atoms with E-state index in [1.807, 2.05) is 32.0 Å². The van der Waals surface area contributed by atoms with Gasteiger partial charge >= 0.3 is 0 Å². The van der Waals surface area contributed by atoms with Gasteiger partial charge in [-0.15, -0.1) is 0 Å². The number of ether oxygens (including phenoxy) is 1. The third kappa shape index (κ3) is 5.30. The van der Waals surface area contributed by atoms with Crippen molar-refractivity contribution in [1.82, 2.24) is 0 Å². The van der Waals surface area contributed by atoms with Gasteiger partial charge in [0.2, 0.25) is 11.8 Å². The second kappa shape index (κ2) is 9.79. The van der Waals surface area contributed by atoms with Crippen molar-refractivity contribution in [2.45, 2.75) is 25.2 Å². The molecule has 4 rings (SSSR count). The number of carbonyl (C=O) groups is 2. The minimum atomic E-state index is -3.79. The Bertz CT molecular complexity index is 1330. The van der Waals surface area contributed by atoms with Gasteiger partial charge in [-0.1, -0.05) is 18.2 Å². The average molecular weight is 494 g/mol. The molecule has 3 aromatic rings. The van der Waals surface area contributed by atoms with Crippen LogP contribution in [0.2, 0.25) is 0 Å². The minimum Gasteiger partial charge on any atom is -0.497 e. The summed E-state index contributed by atoms with van der Waals surface area (Å²) in [6.07, 6.45) is 0.101. The van der Waals surface area contributed by atoms with Crippen LogP contribution in [-0.2, 0) is 19.6 Å². The fourth-order valence-electron chi connectivity index (χ4n) is 4.03. The number of methoxy groups -OCH3 is 1. The van der Waals surface area contributed by atoms with Gasteiger partial charge in [0, 0.05) is 24.3 Å². The van der Waals surface area contributed by atoms with Crippen LogP contribution in [0, 0.1) is 19.8 Å². The Morgan fingerprint density at radius 2 is 1.60 bits per heavy atom. The summed E-state index contributed by atoms with van der Waals surface area (Å²) in [6, 6.07) is 18.6. The lowest BCUT2D eigenvalue weighted by molar-refractivity contribution is -0.122. The number of rotatable bonds is 7. The maximum atomic E-state index is 12.8. The topological polar surface area (TPSA) is 105 Å². The molecule has 182 valence electrons. The highest BCUT2D eigenvalue weighted by Gasteiger charge is 2.35. The molecule has 1 unspecified atom stereocenters. The quantitative estimate of drug-likeness (QED) is 0.516. The van der Waals surface area contributed by atoms with Crippen LogP contribution in [0.5, 0.6) is 5.75 Å². The molecule has 0 spiro atoms. The standard InChI is InChI=1S/C26H27N3O5S/c1-17-5-4-6-18(2)25(17)28-35(32,33)23-13-7-20(8-14-23)27-26(31)19-15-24(30)29(16-19)21-9-11-22(34-3)12-10-21/h4-14,19,28H,15-16H2,1-3H3,(H,27,31). The Kier molecular flexibility index (Phi) is 6.79. The van der Waals surface area contributed by atoms with Crippen LogP contribution in [0.15, 0.2) is 71.6 Å². The summed E-state index contributed by atoms with van der Waals surface area (Å²) in [5, 5.41) is 2.79. The molecule has 1 atom stereocenters. The summed E-state index contributed by atoms with van der Waals surface area (Å²) in [7, 11) is -2.22. The van der Waals surface area contributed by atoms with Crippen molar-refractivity contribution in [1.29, 1.82) is 0 Å². The smallest absolute Gasteiger partial charge is 0.261 e. The van der Waals surface area contributed by atoms with Crippen LogP contribution in [0.4, 0.5) is 17.1 Å². The summed E-state index contributed by atoms with van der Waals surface area (Å²) in [5.74, 6) is -0.254. The minimum absolute atomic E-state index is 0.0832. The molecular weight excluding hydrogens is 466 g/mol. The number of aryl methyl sites for hydroxylation is 2. The van der Waals surface area contributed by atoms with E-state index in [9.17, 15) is 18.0 Å². The highest BCUT2D eigenvalue weighted by molar-refractivity contribution is 7.92. The van der Waals surface area contributed by atoms with Gasteiger partial charge in [0.15, 0.2) is 0 Å². The van der Waals surface area contributed by atoms with E-state index >= 15 is 0 Å². The van der Waals surface area contributed by atoms with E-state index in [1.54, 1.807) is 36.3 Å². The first-order valence-corrected chi connectivity index (χ1v) is 12.6. The van der Waals surface area contributed by atoms with Gasteiger partial charge in [0.1, 0.15) is 5.75 Å². The van der Waals surface area contributed by atoms with Gasteiger partial charge in [-0.25, -0.2) is 8.42 Å². The zero-order valence-electron chi connectivity index (χ0n) is 19.7. The van der Waals surface area contributed by atoms with Crippen LogP contribution >= 0.6 is 0 Å². The molecule has 2 amide bonds. The molecule has 1 heterocycles. The molecule has 0 aliphatic carbocycles. The number of amides is 2. The third-order valence-electron chi connectivity index (χ3n) is 6.03. The van der Waals surface area contributed by atoms with Crippen LogP contribution < -0.4 is 19.7 Å². The van der Waals surface area contributed by atoms with Crippen LogP contribution in [-0.4, -0.2) is 33.9 Å². The number of nitrogens with zero attached hydrogens (tertiary/aromatic N) is 1. The lowest BCUT2D eigenvalue weighted by atomic mass is 10.1. The number of hydrogen-bond donors (Lipinski definition) is 2. The van der Waals surface area contributed by atoms with Crippen molar-refractivity contribution < 1.29 is 22.7 Å². The van der Waals surface area contributed by atoms with Crippen molar-refractivity contribution in [2.24, 2.45) is 5.92 Å². The van der Waals surface area contributed by atoms with Crippen LogP contribution in [0.25, 0.3) is 0 Å². The molecule has 35 heavy (non-hydrogen) atoms. The first-order chi connectivity index (χ1) is 16.7. The molecule has 1 aliphatic rings. The Balaban J connectivity index is 1.41. The van der Waals surface area contributed by atoms with Gasteiger partial charge in [0.05, 0.1) is 23.6 Å². The number of para-hydroxylation sites is 1. The molecule has 1 fully saturated rings. The fraction of sp³-hybridized carbons (Fsp3) is 0.231. The Morgan fingerprint density at radius 1 is 0.971 bits per heavy atom. The lowest BCUT2D eigenvalue weighted by Crippen LogP contribution is -2.28. The summed E-state index contributed by atoms with van der Waals surface area (Å²) < 4.78 is 33.5. The monoisotopic (exact) mass is 493 g/mol. The van der Waals surface area contributed by atoms with E-state index in [2.05, 4.69) is 10.0 Å². The molecule has 9 heteroatoms. The lowest BCUT2D eigenvalue weighted by Gasteiger charge is -2.17. The van der Waals surface area contributed by atoms with Gasteiger partial charge < -0.3 is 15.0 Å². The summed E-state index contributed by atoms with van der Waals surface area (Å²) in [4.78, 5) is 27.0. The van der Waals surface area contributed by atoms with Crippen molar-refractivity contribution in [3.8, 4) is 5.75 Å². The maximum Gasteiger partial charge on any atom is 0.261 e. The Hall–Kier alpha value is -3.85. The van der Waals surface area contributed by atoms with Crippen molar-refractivity contribution >= 4 is 38.9 Å². The van der Waals surface area contributed by atoms with E-state index < -0.39 is 15.9 Å². The highest BCUT2D eigenvalue weighted by Crippen LogP contribution is 2.28. The molecular formula is C26H27N3O5S. The molecule has 3 aromatic carbocycles. The van der Waals surface area contributed by atoms with E-state index in [4.69, 9.17) is 4.74 Å². The Labute approximate surface area is 205 Å². The van der Waals surface area contributed by atoms with Crippen molar-refractivity contribution in [3.63, 3.8) is 0 Å². The first kappa shape index (κ1) is 24.3. The first-order valence-electron chi connectivity index (χ1n) is 11.1. The zero-order valence-corrected chi connectivity index (χ0v) is 20.6. The van der Waals surface area contributed by atoms with Gasteiger partial charge in [-0.2, -0.15) is 0 Å². The second-order valence-electron chi connectivity index (χ2n) is 8.49. The second-order valence-corrected chi connectivity index (χ2v) is 10.2. The summed E-state index contributed by atoms with van der Waals surface area (Å²) in [5.41, 5.74) is 3.37. The average Bonchev–Trinajstić information content (AvgIpc) is 3.24. The van der Waals surface area contributed by atoms with Gasteiger partial charge in [-0.05, 0) is 73.5 Å². The van der Waals surface area contributed by atoms with Crippen molar-refractivity contribution in [2.75, 3.05) is 28.6 Å². The molecule has 0 aromatic heterocycles. The molecule has 0 radical (unpaired) electrons. The normalized spacial score (nSPS) is 15.7. The predicted octanol–water partition coefficient (Wildman–Crippen LogP) is 4.10. The number of sulfonamides is 1. The number of anilines is 3. The molecule has 1 aliphatic heterocycles. The van der Waals surface area contributed by atoms with E-state index in [-0.39, 0.29) is 29.7 Å². The molecule has 2 N–H and O–H groups in total. The van der Waals surface area contributed by atoms with E-state index in [1.165, 1.54) is 24.3 Å². The molecule has 1 saturated heterocycles. The SMILES string of the molecule is COc1ccc(N2CC(C(=O)Nc3ccc(S(=O)(=O)Nc4c(C)cccc4C)cc3)CC2=O)cc1. The van der Waals surface area contributed by atoms with Gasteiger partial charge in [-0.3, -0.25) is 14.3 Å². The number of benzene rings is 3. The van der Waals surface area contributed by atoms with Crippen LogP contribution in [0.1, 0.15) is 17.5 Å². The van der Waals surface area contributed by atoms with Gasteiger partial charge in [0.25, 0.3) is 10.0 Å². The highest BCUT2D eigenvalue weighted by atomic mass is 32.2. The van der Waals surface area contributed by atoms with Crippen LogP contribution in [0.3, 0.4) is 0 Å². The van der Waals surface area contributed by atoms with Crippen molar-refractivity contribution in [3.05, 3.63) is 77.9 Å². The number of carbonyl (C=O) groups excluding carboxylic acids is 2. The zero-order chi connectivity index (χ0) is 25.2. The maximum absolute atomic E-state index is 12.8. The van der Waals surface area contributed by atoms with E-state index in [0.29, 0.717) is 22.8 Å². The summed E-state index contributed by atoms with van der Waals surface area (Å²) in [6.45, 7) is 3.95. The number of hydrogen-bond acceptors (Lipinski definition) is 5. The summed E-state index contributed by atoms with van der Waals surface area (Å²) >= 11 is 0.